The Morgan fingerprint density at radius 1 is 1.30 bits per heavy atom. The molecule has 0 aliphatic carbocycles. The predicted octanol–water partition coefficient (Wildman–Crippen LogP) is 1.86. The second-order valence-electron chi connectivity index (χ2n) is 5.37. The van der Waals surface area contributed by atoms with Crippen molar-refractivity contribution in [2.45, 2.75) is 19.1 Å². The van der Waals surface area contributed by atoms with Gasteiger partial charge in [0.2, 0.25) is 0 Å². The summed E-state index contributed by atoms with van der Waals surface area (Å²) in [6.07, 6.45) is 5.12. The van der Waals surface area contributed by atoms with Crippen LogP contribution in [0.5, 0.6) is 0 Å². The van der Waals surface area contributed by atoms with E-state index in [2.05, 4.69) is 44.8 Å². The highest BCUT2D eigenvalue weighted by Crippen LogP contribution is 2.13. The number of rotatable bonds is 4. The number of ether oxygens (including phenoxy) is 1. The minimum Gasteiger partial charge on any atom is -0.375 e. The molecule has 1 atom stereocenters. The zero-order valence-corrected chi connectivity index (χ0v) is 11.9. The van der Waals surface area contributed by atoms with E-state index >= 15 is 0 Å². The van der Waals surface area contributed by atoms with Gasteiger partial charge in [0.15, 0.2) is 0 Å². The molecule has 0 spiro atoms. The number of aromatic nitrogens is 2. The monoisotopic (exact) mass is 271 g/mol. The van der Waals surface area contributed by atoms with Crippen molar-refractivity contribution in [3.05, 3.63) is 54.1 Å². The molecule has 4 heteroatoms. The Morgan fingerprint density at radius 2 is 2.15 bits per heavy atom. The van der Waals surface area contributed by atoms with Gasteiger partial charge in [-0.25, -0.2) is 4.98 Å². The topological polar surface area (TPSA) is 30.3 Å². The third-order valence-electron chi connectivity index (χ3n) is 3.82. The number of aryl methyl sites for hydroxylation is 1. The Kier molecular flexibility index (Phi) is 4.14. The van der Waals surface area contributed by atoms with E-state index < -0.39 is 0 Å². The molecule has 1 aromatic heterocycles. The van der Waals surface area contributed by atoms with E-state index in [1.165, 1.54) is 5.56 Å². The van der Waals surface area contributed by atoms with E-state index in [0.717, 1.165) is 38.5 Å². The van der Waals surface area contributed by atoms with Crippen LogP contribution < -0.4 is 0 Å². The highest BCUT2D eigenvalue weighted by atomic mass is 16.5. The van der Waals surface area contributed by atoms with Crippen LogP contribution in [0.25, 0.3) is 0 Å². The normalized spacial score (nSPS) is 20.1. The van der Waals surface area contributed by atoms with E-state index in [1.54, 1.807) is 0 Å². The van der Waals surface area contributed by atoms with Gasteiger partial charge in [-0.2, -0.15) is 0 Å². The fraction of sp³-hybridized carbons (Fsp3) is 0.438. The van der Waals surface area contributed by atoms with Crippen molar-refractivity contribution in [2.75, 3.05) is 19.7 Å². The van der Waals surface area contributed by atoms with Crippen molar-refractivity contribution in [1.82, 2.24) is 14.5 Å². The maximum absolute atomic E-state index is 5.89. The third-order valence-corrected chi connectivity index (χ3v) is 3.82. The Balaban J connectivity index is 1.58. The van der Waals surface area contributed by atoms with Crippen molar-refractivity contribution in [3.8, 4) is 0 Å². The fourth-order valence-corrected chi connectivity index (χ4v) is 2.67. The first-order chi connectivity index (χ1) is 9.81. The summed E-state index contributed by atoms with van der Waals surface area (Å²) in [5.74, 6) is 1.12. The number of benzene rings is 1. The van der Waals surface area contributed by atoms with Gasteiger partial charge < -0.3 is 9.30 Å². The molecule has 1 aromatic carbocycles. The van der Waals surface area contributed by atoms with Crippen LogP contribution in [0.3, 0.4) is 0 Å². The SMILES string of the molecule is Cn1ccnc1CN1CCO[C@@H](Cc2ccccc2)C1. The van der Waals surface area contributed by atoms with E-state index in [-0.39, 0.29) is 6.10 Å². The van der Waals surface area contributed by atoms with Crippen LogP contribution >= 0.6 is 0 Å². The molecule has 1 aliphatic heterocycles. The van der Waals surface area contributed by atoms with E-state index in [0.29, 0.717) is 0 Å². The van der Waals surface area contributed by atoms with Crippen LogP contribution in [0.15, 0.2) is 42.7 Å². The van der Waals surface area contributed by atoms with Crippen LogP contribution in [0.1, 0.15) is 11.4 Å². The number of hydrogen-bond donors (Lipinski definition) is 0. The van der Waals surface area contributed by atoms with Gasteiger partial charge >= 0.3 is 0 Å². The summed E-state index contributed by atoms with van der Waals surface area (Å²) in [6, 6.07) is 10.6. The van der Waals surface area contributed by atoms with Gasteiger partial charge in [0.1, 0.15) is 5.82 Å². The second kappa shape index (κ2) is 6.20. The smallest absolute Gasteiger partial charge is 0.122 e. The molecule has 0 radical (unpaired) electrons. The Bertz CT molecular complexity index is 538. The fourth-order valence-electron chi connectivity index (χ4n) is 2.67. The molecule has 2 aromatic rings. The van der Waals surface area contributed by atoms with Crippen molar-refractivity contribution in [3.63, 3.8) is 0 Å². The minimum atomic E-state index is 0.284. The summed E-state index contributed by atoms with van der Waals surface area (Å²) in [6.45, 7) is 3.67. The minimum absolute atomic E-state index is 0.284. The molecule has 106 valence electrons. The van der Waals surface area contributed by atoms with Crippen molar-refractivity contribution in [1.29, 1.82) is 0 Å². The Hall–Kier alpha value is -1.65. The lowest BCUT2D eigenvalue weighted by molar-refractivity contribution is -0.0314. The molecule has 0 unspecified atom stereocenters. The molecule has 1 fully saturated rings. The Morgan fingerprint density at radius 3 is 2.90 bits per heavy atom. The van der Waals surface area contributed by atoms with Crippen molar-refractivity contribution < 1.29 is 4.74 Å². The van der Waals surface area contributed by atoms with Gasteiger partial charge in [-0.05, 0) is 12.0 Å². The summed E-state index contributed by atoms with van der Waals surface area (Å²) in [7, 11) is 2.05. The molecule has 20 heavy (non-hydrogen) atoms. The van der Waals surface area contributed by atoms with Gasteiger partial charge in [0, 0.05) is 32.5 Å². The van der Waals surface area contributed by atoms with E-state index in [1.807, 2.05) is 19.4 Å². The van der Waals surface area contributed by atoms with Gasteiger partial charge in [-0.1, -0.05) is 30.3 Å². The number of hydrogen-bond acceptors (Lipinski definition) is 3. The van der Waals surface area contributed by atoms with Crippen LogP contribution in [0.2, 0.25) is 0 Å². The van der Waals surface area contributed by atoms with Crippen LogP contribution in [-0.2, 0) is 24.8 Å². The van der Waals surface area contributed by atoms with Crippen molar-refractivity contribution >= 4 is 0 Å². The standard InChI is InChI=1S/C16H21N3O/c1-18-8-7-17-16(18)13-19-9-10-20-15(12-19)11-14-5-3-2-4-6-14/h2-8,15H,9-13H2,1H3/t15-/m0/s1. The molecule has 1 saturated heterocycles. The molecule has 0 amide bonds. The average molecular weight is 271 g/mol. The largest absolute Gasteiger partial charge is 0.375 e. The summed E-state index contributed by atoms with van der Waals surface area (Å²) in [5.41, 5.74) is 1.34. The quantitative estimate of drug-likeness (QED) is 0.850. The zero-order valence-electron chi connectivity index (χ0n) is 11.9. The van der Waals surface area contributed by atoms with Gasteiger partial charge in [0.25, 0.3) is 0 Å². The molecule has 0 bridgehead atoms. The zero-order chi connectivity index (χ0) is 13.8. The first kappa shape index (κ1) is 13.3. The predicted molar refractivity (Wildman–Crippen MR) is 78.4 cm³/mol. The first-order valence-electron chi connectivity index (χ1n) is 7.15. The lowest BCUT2D eigenvalue weighted by Gasteiger charge is -2.32. The van der Waals surface area contributed by atoms with Crippen LogP contribution in [0, 0.1) is 0 Å². The second-order valence-corrected chi connectivity index (χ2v) is 5.37. The average Bonchev–Trinajstić information content (AvgIpc) is 2.86. The highest BCUT2D eigenvalue weighted by molar-refractivity contribution is 5.15. The summed E-state index contributed by atoms with van der Waals surface area (Å²) in [5, 5.41) is 0. The number of morpholine rings is 1. The molecule has 0 N–H and O–H groups in total. The van der Waals surface area contributed by atoms with E-state index in [4.69, 9.17) is 4.74 Å². The molecular formula is C16H21N3O. The molecule has 0 saturated carbocycles. The van der Waals surface area contributed by atoms with Gasteiger partial charge in [0.05, 0.1) is 19.3 Å². The number of nitrogens with zero attached hydrogens (tertiary/aromatic N) is 3. The third kappa shape index (κ3) is 3.26. The molecular weight excluding hydrogens is 250 g/mol. The lowest BCUT2D eigenvalue weighted by atomic mass is 10.1. The summed E-state index contributed by atoms with van der Waals surface area (Å²) in [4.78, 5) is 6.83. The van der Waals surface area contributed by atoms with Crippen molar-refractivity contribution in [2.24, 2.45) is 7.05 Å². The van der Waals surface area contributed by atoms with E-state index in [9.17, 15) is 0 Å². The van der Waals surface area contributed by atoms with Gasteiger partial charge in [-0.3, -0.25) is 4.90 Å². The Labute approximate surface area is 120 Å². The summed E-state index contributed by atoms with van der Waals surface area (Å²) < 4.78 is 7.98. The number of imidazole rings is 1. The molecule has 2 heterocycles. The summed E-state index contributed by atoms with van der Waals surface area (Å²) >= 11 is 0. The molecule has 3 rings (SSSR count). The molecule has 4 nitrogen and oxygen atoms in total. The highest BCUT2D eigenvalue weighted by Gasteiger charge is 2.21. The lowest BCUT2D eigenvalue weighted by Crippen LogP contribution is -2.43. The maximum Gasteiger partial charge on any atom is 0.122 e. The van der Waals surface area contributed by atoms with Crippen LogP contribution in [-0.4, -0.2) is 40.3 Å². The first-order valence-corrected chi connectivity index (χ1v) is 7.15. The van der Waals surface area contributed by atoms with Gasteiger partial charge in [-0.15, -0.1) is 0 Å². The maximum atomic E-state index is 5.89. The molecule has 1 aliphatic rings. The van der Waals surface area contributed by atoms with Crippen LogP contribution in [0.4, 0.5) is 0 Å².